The number of rotatable bonds is 7. The molecule has 1 unspecified atom stereocenters. The van der Waals surface area contributed by atoms with Gasteiger partial charge in [0, 0.05) is 24.8 Å². The fourth-order valence-corrected chi connectivity index (χ4v) is 3.22. The largest absolute Gasteiger partial charge is 0.384 e. The number of nitrogens with zero attached hydrogens (tertiary/aromatic N) is 1. The maximum absolute atomic E-state index is 5.96. The van der Waals surface area contributed by atoms with Crippen LogP contribution in [-0.4, -0.2) is 45.3 Å². The smallest absolute Gasteiger partial charge is 0.0491 e. The van der Waals surface area contributed by atoms with Gasteiger partial charge in [-0.15, -0.1) is 0 Å². The Labute approximate surface area is 133 Å². The van der Waals surface area contributed by atoms with Crippen LogP contribution < -0.4 is 5.32 Å². The zero-order valence-electron chi connectivity index (χ0n) is 13.1. The van der Waals surface area contributed by atoms with E-state index < -0.39 is 0 Å². The molecule has 0 saturated carbocycles. The third-order valence-electron chi connectivity index (χ3n) is 4.46. The highest BCUT2D eigenvalue weighted by Gasteiger charge is 2.19. The summed E-state index contributed by atoms with van der Waals surface area (Å²) in [6, 6.07) is 8.58. The second-order valence-corrected chi connectivity index (χ2v) is 6.36. The monoisotopic (exact) mass is 310 g/mol. The first-order chi connectivity index (χ1) is 10.2. The van der Waals surface area contributed by atoms with E-state index in [1.165, 1.54) is 31.5 Å². The topological polar surface area (TPSA) is 24.5 Å². The number of methoxy groups -OCH3 is 1. The Morgan fingerprint density at radius 3 is 2.52 bits per heavy atom. The molecular formula is C17H27ClN2O. The van der Waals surface area contributed by atoms with E-state index in [4.69, 9.17) is 16.3 Å². The Morgan fingerprint density at radius 2 is 1.95 bits per heavy atom. The van der Waals surface area contributed by atoms with Crippen molar-refractivity contribution in [2.75, 3.05) is 40.4 Å². The molecule has 1 heterocycles. The molecule has 1 fully saturated rings. The van der Waals surface area contributed by atoms with Gasteiger partial charge in [-0.2, -0.15) is 0 Å². The lowest BCUT2D eigenvalue weighted by molar-refractivity contribution is 0.0979. The van der Waals surface area contributed by atoms with Crippen LogP contribution in [0.2, 0.25) is 5.02 Å². The molecule has 1 saturated heterocycles. The minimum atomic E-state index is 0.402. The van der Waals surface area contributed by atoms with Crippen LogP contribution in [-0.2, 0) is 4.74 Å². The van der Waals surface area contributed by atoms with Crippen molar-refractivity contribution in [3.63, 3.8) is 0 Å². The minimum absolute atomic E-state index is 0.402. The van der Waals surface area contributed by atoms with Crippen LogP contribution in [0.25, 0.3) is 0 Å². The van der Waals surface area contributed by atoms with Gasteiger partial charge in [0.2, 0.25) is 0 Å². The van der Waals surface area contributed by atoms with Crippen molar-refractivity contribution in [2.45, 2.75) is 25.3 Å². The van der Waals surface area contributed by atoms with Crippen LogP contribution in [0.3, 0.4) is 0 Å². The summed E-state index contributed by atoms with van der Waals surface area (Å²) in [5.41, 5.74) is 1.32. The Kier molecular flexibility index (Phi) is 6.97. The maximum atomic E-state index is 5.96. The van der Waals surface area contributed by atoms with Crippen molar-refractivity contribution in [2.24, 2.45) is 5.92 Å². The molecule has 0 aromatic heterocycles. The third kappa shape index (κ3) is 5.26. The number of benzene rings is 1. The molecule has 1 aliphatic heterocycles. The highest BCUT2D eigenvalue weighted by molar-refractivity contribution is 6.30. The number of hydrogen-bond acceptors (Lipinski definition) is 3. The first-order valence-corrected chi connectivity index (χ1v) is 8.24. The summed E-state index contributed by atoms with van der Waals surface area (Å²) in [4.78, 5) is 2.58. The van der Waals surface area contributed by atoms with Crippen molar-refractivity contribution in [1.82, 2.24) is 10.2 Å². The minimum Gasteiger partial charge on any atom is -0.384 e. The average Bonchev–Trinajstić information content (AvgIpc) is 2.51. The van der Waals surface area contributed by atoms with E-state index in [1.807, 2.05) is 19.2 Å². The van der Waals surface area contributed by atoms with Gasteiger partial charge in [-0.05, 0) is 69.6 Å². The van der Waals surface area contributed by atoms with Crippen molar-refractivity contribution in [3.05, 3.63) is 34.9 Å². The molecule has 1 aromatic carbocycles. The molecule has 0 aliphatic carbocycles. The quantitative estimate of drug-likeness (QED) is 0.836. The molecule has 0 radical (unpaired) electrons. The van der Waals surface area contributed by atoms with Gasteiger partial charge >= 0.3 is 0 Å². The number of likely N-dealkylation sites (tertiary alicyclic amines) is 1. The van der Waals surface area contributed by atoms with Gasteiger partial charge in [0.15, 0.2) is 0 Å². The Bertz CT molecular complexity index is 402. The van der Waals surface area contributed by atoms with E-state index >= 15 is 0 Å². The van der Waals surface area contributed by atoms with Gasteiger partial charge in [0.1, 0.15) is 0 Å². The lowest BCUT2D eigenvalue weighted by Crippen LogP contribution is -2.36. The number of ether oxygens (including phenoxy) is 1. The lowest BCUT2D eigenvalue weighted by Gasteiger charge is -2.32. The van der Waals surface area contributed by atoms with Crippen molar-refractivity contribution in [1.29, 1.82) is 0 Å². The maximum Gasteiger partial charge on any atom is 0.0491 e. The van der Waals surface area contributed by atoms with Crippen LogP contribution in [0.5, 0.6) is 0 Å². The number of nitrogens with one attached hydrogen (secondary N) is 1. The van der Waals surface area contributed by atoms with E-state index in [2.05, 4.69) is 22.3 Å². The lowest BCUT2D eigenvalue weighted by atomic mass is 9.97. The molecular weight excluding hydrogens is 284 g/mol. The average molecular weight is 311 g/mol. The molecule has 118 valence electrons. The molecule has 0 bridgehead atoms. The van der Waals surface area contributed by atoms with Gasteiger partial charge in [-0.1, -0.05) is 23.7 Å². The zero-order chi connectivity index (χ0) is 15.1. The van der Waals surface area contributed by atoms with Crippen LogP contribution in [0.1, 0.15) is 30.9 Å². The van der Waals surface area contributed by atoms with Crippen molar-refractivity contribution >= 4 is 11.6 Å². The molecule has 1 N–H and O–H groups in total. The van der Waals surface area contributed by atoms with Gasteiger partial charge in [-0.25, -0.2) is 0 Å². The summed E-state index contributed by atoms with van der Waals surface area (Å²) in [7, 11) is 3.83. The molecule has 2 rings (SSSR count). The summed E-state index contributed by atoms with van der Waals surface area (Å²) in [6.45, 7) is 4.46. The number of piperidine rings is 1. The first kappa shape index (κ1) is 16.8. The van der Waals surface area contributed by atoms with Crippen LogP contribution in [0.4, 0.5) is 0 Å². The van der Waals surface area contributed by atoms with Crippen LogP contribution in [0, 0.1) is 5.92 Å². The number of hydrogen-bond donors (Lipinski definition) is 1. The molecule has 1 atom stereocenters. The predicted octanol–water partition coefficient (Wildman–Crippen LogP) is 3.35. The first-order valence-electron chi connectivity index (χ1n) is 7.87. The van der Waals surface area contributed by atoms with Gasteiger partial charge < -0.3 is 15.0 Å². The van der Waals surface area contributed by atoms with Crippen molar-refractivity contribution in [3.8, 4) is 0 Å². The second kappa shape index (κ2) is 8.74. The van der Waals surface area contributed by atoms with Crippen LogP contribution >= 0.6 is 11.6 Å². The highest BCUT2D eigenvalue weighted by Crippen LogP contribution is 2.22. The standard InChI is InChI=1S/C17H27ClN2O/c1-19-17(15-3-5-16(18)6-4-15)9-12-20-10-7-14(8-11-20)13-21-2/h3-6,14,17,19H,7-13H2,1-2H3. The summed E-state index contributed by atoms with van der Waals surface area (Å²) < 4.78 is 5.26. The Hall–Kier alpha value is -0.610. The van der Waals surface area contributed by atoms with Gasteiger partial charge in [0.05, 0.1) is 0 Å². The van der Waals surface area contributed by atoms with Crippen LogP contribution in [0.15, 0.2) is 24.3 Å². The number of halogens is 1. The fraction of sp³-hybridized carbons (Fsp3) is 0.647. The molecule has 0 amide bonds. The second-order valence-electron chi connectivity index (χ2n) is 5.92. The normalized spacial score (nSPS) is 18.8. The van der Waals surface area contributed by atoms with Gasteiger partial charge in [-0.3, -0.25) is 0 Å². The summed E-state index contributed by atoms with van der Waals surface area (Å²) in [5.74, 6) is 0.752. The van der Waals surface area contributed by atoms with E-state index in [9.17, 15) is 0 Å². The zero-order valence-corrected chi connectivity index (χ0v) is 13.9. The van der Waals surface area contributed by atoms with Gasteiger partial charge in [0.25, 0.3) is 0 Å². The highest BCUT2D eigenvalue weighted by atomic mass is 35.5. The molecule has 21 heavy (non-hydrogen) atoms. The fourth-order valence-electron chi connectivity index (χ4n) is 3.10. The molecule has 1 aromatic rings. The summed E-state index contributed by atoms with van der Waals surface area (Å²) in [6.07, 6.45) is 3.66. The summed E-state index contributed by atoms with van der Waals surface area (Å²) >= 11 is 5.96. The van der Waals surface area contributed by atoms with Crippen molar-refractivity contribution < 1.29 is 4.74 Å². The van der Waals surface area contributed by atoms with E-state index in [-0.39, 0.29) is 0 Å². The Morgan fingerprint density at radius 1 is 1.29 bits per heavy atom. The molecule has 0 spiro atoms. The summed E-state index contributed by atoms with van der Waals surface area (Å²) in [5, 5.41) is 4.22. The molecule has 3 nitrogen and oxygen atoms in total. The molecule has 1 aliphatic rings. The Balaban J connectivity index is 1.77. The van der Waals surface area contributed by atoms with E-state index in [0.29, 0.717) is 6.04 Å². The van der Waals surface area contributed by atoms with E-state index in [0.717, 1.165) is 30.5 Å². The SMILES string of the molecule is CNC(CCN1CCC(COC)CC1)c1ccc(Cl)cc1. The van der Waals surface area contributed by atoms with E-state index in [1.54, 1.807) is 7.11 Å². The third-order valence-corrected chi connectivity index (χ3v) is 4.72. The molecule has 4 heteroatoms. The predicted molar refractivity (Wildman–Crippen MR) is 88.9 cm³/mol.